The number of nitrogens with one attached hydrogen (secondary N) is 1. The number of aromatic hydroxyl groups is 2. The number of carbonyl (C=O) groups excluding carboxylic acids is 1. The van der Waals surface area contributed by atoms with E-state index in [0.717, 1.165) is 5.56 Å². The molecule has 17 heavy (non-hydrogen) atoms. The Morgan fingerprint density at radius 2 is 2.06 bits per heavy atom. The van der Waals surface area contributed by atoms with Crippen molar-refractivity contribution >= 4 is 5.91 Å². The number of amides is 1. The van der Waals surface area contributed by atoms with E-state index in [2.05, 4.69) is 11.9 Å². The first-order valence-electron chi connectivity index (χ1n) is 5.51. The van der Waals surface area contributed by atoms with Crippen LogP contribution in [0.15, 0.2) is 30.4 Å². The molecular formula is C13H17NO3. The van der Waals surface area contributed by atoms with E-state index in [4.69, 9.17) is 5.11 Å². The lowest BCUT2D eigenvalue weighted by atomic mass is 10.1. The van der Waals surface area contributed by atoms with Crippen LogP contribution in [0.4, 0.5) is 0 Å². The summed E-state index contributed by atoms with van der Waals surface area (Å²) in [6, 6.07) is 4.61. The van der Waals surface area contributed by atoms with Gasteiger partial charge in [-0.15, -0.1) is 0 Å². The number of hydrogen-bond acceptors (Lipinski definition) is 3. The second kappa shape index (κ2) is 5.94. The summed E-state index contributed by atoms with van der Waals surface area (Å²) in [4.78, 5) is 11.4. The standard InChI is InChI=1S/C13H17NO3/c1-3-9(2)13(17)14-7-6-10-4-5-11(15)12(16)8-10/h4-5,8,15-16H,2-3,6-7H2,1H3,(H,14,17). The Labute approximate surface area is 101 Å². The molecule has 0 bridgehead atoms. The van der Waals surface area contributed by atoms with E-state index in [9.17, 15) is 9.90 Å². The van der Waals surface area contributed by atoms with Crippen LogP contribution in [0.2, 0.25) is 0 Å². The van der Waals surface area contributed by atoms with Gasteiger partial charge in [0.05, 0.1) is 0 Å². The van der Waals surface area contributed by atoms with Gasteiger partial charge in [-0.25, -0.2) is 0 Å². The molecule has 0 atom stereocenters. The zero-order chi connectivity index (χ0) is 12.8. The molecule has 0 aromatic heterocycles. The predicted molar refractivity (Wildman–Crippen MR) is 65.9 cm³/mol. The summed E-state index contributed by atoms with van der Waals surface area (Å²) in [7, 11) is 0. The molecule has 1 amide bonds. The molecule has 3 N–H and O–H groups in total. The van der Waals surface area contributed by atoms with Gasteiger partial charge >= 0.3 is 0 Å². The lowest BCUT2D eigenvalue weighted by Crippen LogP contribution is -2.26. The Kier molecular flexibility index (Phi) is 4.57. The quantitative estimate of drug-likeness (QED) is 0.537. The largest absolute Gasteiger partial charge is 0.504 e. The predicted octanol–water partition coefficient (Wildman–Crippen LogP) is 1.72. The molecule has 1 rings (SSSR count). The second-order valence-corrected chi connectivity index (χ2v) is 3.79. The van der Waals surface area contributed by atoms with Crippen LogP contribution < -0.4 is 5.32 Å². The van der Waals surface area contributed by atoms with E-state index in [-0.39, 0.29) is 17.4 Å². The number of phenols is 2. The second-order valence-electron chi connectivity index (χ2n) is 3.79. The lowest BCUT2D eigenvalue weighted by Gasteiger charge is -2.06. The van der Waals surface area contributed by atoms with Gasteiger partial charge in [-0.05, 0) is 30.5 Å². The molecular weight excluding hydrogens is 218 g/mol. The highest BCUT2D eigenvalue weighted by Gasteiger charge is 2.04. The van der Waals surface area contributed by atoms with Crippen LogP contribution in [0.1, 0.15) is 18.9 Å². The summed E-state index contributed by atoms with van der Waals surface area (Å²) in [5.41, 5.74) is 1.40. The first-order chi connectivity index (χ1) is 8.04. The van der Waals surface area contributed by atoms with E-state index in [1.807, 2.05) is 6.92 Å². The lowest BCUT2D eigenvalue weighted by molar-refractivity contribution is -0.117. The van der Waals surface area contributed by atoms with Crippen LogP contribution in [-0.2, 0) is 11.2 Å². The molecule has 4 nitrogen and oxygen atoms in total. The van der Waals surface area contributed by atoms with E-state index in [0.29, 0.717) is 25.0 Å². The molecule has 0 saturated heterocycles. The maximum Gasteiger partial charge on any atom is 0.246 e. The van der Waals surface area contributed by atoms with E-state index >= 15 is 0 Å². The Hall–Kier alpha value is -1.97. The van der Waals surface area contributed by atoms with Gasteiger partial charge in [-0.1, -0.05) is 19.6 Å². The minimum absolute atomic E-state index is 0.142. The number of carbonyl (C=O) groups is 1. The third kappa shape index (κ3) is 3.83. The molecule has 0 radical (unpaired) electrons. The molecule has 4 heteroatoms. The molecule has 0 spiro atoms. The minimum atomic E-state index is -0.146. The molecule has 0 fully saturated rings. The first kappa shape index (κ1) is 13.1. The van der Waals surface area contributed by atoms with Gasteiger partial charge < -0.3 is 15.5 Å². The number of benzene rings is 1. The van der Waals surface area contributed by atoms with Crippen LogP contribution in [0.3, 0.4) is 0 Å². The van der Waals surface area contributed by atoms with Crippen molar-refractivity contribution in [2.24, 2.45) is 0 Å². The van der Waals surface area contributed by atoms with Gasteiger partial charge in [-0.2, -0.15) is 0 Å². The SMILES string of the molecule is C=C(CC)C(=O)NCCc1ccc(O)c(O)c1. The summed E-state index contributed by atoms with van der Waals surface area (Å²) in [6.07, 6.45) is 1.22. The maximum atomic E-state index is 11.4. The van der Waals surface area contributed by atoms with Crippen molar-refractivity contribution in [2.75, 3.05) is 6.54 Å². The summed E-state index contributed by atoms with van der Waals surface area (Å²) in [6.45, 7) is 5.99. The molecule has 0 heterocycles. The van der Waals surface area contributed by atoms with E-state index in [1.54, 1.807) is 6.07 Å². The van der Waals surface area contributed by atoms with E-state index < -0.39 is 0 Å². The number of rotatable bonds is 5. The molecule has 0 aliphatic rings. The number of phenolic OH excluding ortho intramolecular Hbond substituents is 2. The highest BCUT2D eigenvalue weighted by atomic mass is 16.3. The van der Waals surface area contributed by atoms with Crippen molar-refractivity contribution in [3.8, 4) is 11.5 Å². The van der Waals surface area contributed by atoms with Crippen molar-refractivity contribution in [3.63, 3.8) is 0 Å². The van der Waals surface area contributed by atoms with Gasteiger partial charge in [0.15, 0.2) is 11.5 Å². The fraction of sp³-hybridized carbons (Fsp3) is 0.308. The highest BCUT2D eigenvalue weighted by Crippen LogP contribution is 2.24. The third-order valence-corrected chi connectivity index (χ3v) is 2.49. The average molecular weight is 235 g/mol. The fourth-order valence-electron chi connectivity index (χ4n) is 1.33. The topological polar surface area (TPSA) is 69.6 Å². The van der Waals surface area contributed by atoms with Gasteiger partial charge in [0, 0.05) is 12.1 Å². The highest BCUT2D eigenvalue weighted by molar-refractivity contribution is 5.92. The zero-order valence-electron chi connectivity index (χ0n) is 9.86. The summed E-state index contributed by atoms with van der Waals surface area (Å²) in [5, 5.41) is 21.1. The summed E-state index contributed by atoms with van der Waals surface area (Å²) >= 11 is 0. The van der Waals surface area contributed by atoms with Crippen molar-refractivity contribution in [1.29, 1.82) is 0 Å². The Balaban J connectivity index is 2.43. The van der Waals surface area contributed by atoms with Crippen LogP contribution in [0.25, 0.3) is 0 Å². The normalized spacial score (nSPS) is 9.94. The molecule has 1 aromatic carbocycles. The zero-order valence-corrected chi connectivity index (χ0v) is 9.86. The molecule has 0 aliphatic heterocycles. The maximum absolute atomic E-state index is 11.4. The first-order valence-corrected chi connectivity index (χ1v) is 5.51. The van der Waals surface area contributed by atoms with Gasteiger partial charge in [0.25, 0.3) is 0 Å². The fourth-order valence-corrected chi connectivity index (χ4v) is 1.33. The van der Waals surface area contributed by atoms with Crippen molar-refractivity contribution in [3.05, 3.63) is 35.9 Å². The van der Waals surface area contributed by atoms with Gasteiger partial charge in [-0.3, -0.25) is 4.79 Å². The molecule has 0 aliphatic carbocycles. The molecule has 1 aromatic rings. The average Bonchev–Trinajstić information content (AvgIpc) is 2.32. The van der Waals surface area contributed by atoms with E-state index in [1.165, 1.54) is 12.1 Å². The van der Waals surface area contributed by atoms with Crippen molar-refractivity contribution in [1.82, 2.24) is 5.32 Å². The summed E-state index contributed by atoms with van der Waals surface area (Å²) < 4.78 is 0. The van der Waals surface area contributed by atoms with Gasteiger partial charge in [0.1, 0.15) is 0 Å². The van der Waals surface area contributed by atoms with Crippen LogP contribution >= 0.6 is 0 Å². The van der Waals surface area contributed by atoms with Crippen LogP contribution in [0.5, 0.6) is 11.5 Å². The Morgan fingerprint density at radius 1 is 1.35 bits per heavy atom. The minimum Gasteiger partial charge on any atom is -0.504 e. The third-order valence-electron chi connectivity index (χ3n) is 2.49. The van der Waals surface area contributed by atoms with Crippen LogP contribution in [0, 0.1) is 0 Å². The summed E-state index contributed by atoms with van der Waals surface area (Å²) in [5.74, 6) is -0.431. The van der Waals surface area contributed by atoms with Crippen LogP contribution in [-0.4, -0.2) is 22.7 Å². The number of hydrogen-bond donors (Lipinski definition) is 3. The van der Waals surface area contributed by atoms with Crippen molar-refractivity contribution in [2.45, 2.75) is 19.8 Å². The molecule has 92 valence electrons. The molecule has 0 unspecified atom stereocenters. The monoisotopic (exact) mass is 235 g/mol. The molecule has 0 saturated carbocycles. The van der Waals surface area contributed by atoms with Gasteiger partial charge in [0.2, 0.25) is 5.91 Å². The smallest absolute Gasteiger partial charge is 0.246 e. The Bertz CT molecular complexity index is 427. The van der Waals surface area contributed by atoms with Crippen molar-refractivity contribution < 1.29 is 15.0 Å². The Morgan fingerprint density at radius 3 is 2.65 bits per heavy atom.